The minimum atomic E-state index is -0.00262. The number of hydrogen-bond donors (Lipinski definition) is 2. The van der Waals surface area contributed by atoms with Crippen LogP contribution >= 0.6 is 0 Å². The van der Waals surface area contributed by atoms with Crippen molar-refractivity contribution in [2.75, 3.05) is 6.54 Å². The minimum Gasteiger partial charge on any atom is -0.350 e. The normalized spacial score (nSPS) is 12.2. The molecular formula is C14H22N2O. The number of benzene rings is 1. The molecule has 0 radical (unpaired) electrons. The molecule has 17 heavy (non-hydrogen) atoms. The minimum absolute atomic E-state index is 0.00262. The molecule has 0 saturated carbocycles. The molecule has 1 amide bonds. The summed E-state index contributed by atoms with van der Waals surface area (Å²) in [7, 11) is 0. The number of aryl methyl sites for hydroxylation is 1. The third-order valence-corrected chi connectivity index (χ3v) is 2.84. The van der Waals surface area contributed by atoms with Crippen LogP contribution < -0.4 is 11.1 Å². The van der Waals surface area contributed by atoms with Crippen LogP contribution in [0.2, 0.25) is 0 Å². The van der Waals surface area contributed by atoms with Crippen molar-refractivity contribution in [3.63, 3.8) is 0 Å². The second kappa shape index (κ2) is 7.07. The molecular weight excluding hydrogens is 212 g/mol. The maximum absolute atomic E-state index is 11.9. The number of hydrogen-bond acceptors (Lipinski definition) is 2. The SMILES string of the molecule is CCc1ccc(C(=O)NC(C)CCCN)cc1. The van der Waals surface area contributed by atoms with E-state index in [1.807, 2.05) is 31.2 Å². The van der Waals surface area contributed by atoms with E-state index in [1.165, 1.54) is 5.56 Å². The average molecular weight is 234 g/mol. The van der Waals surface area contributed by atoms with E-state index >= 15 is 0 Å². The van der Waals surface area contributed by atoms with Crippen molar-refractivity contribution in [3.05, 3.63) is 35.4 Å². The molecule has 1 aromatic rings. The Balaban J connectivity index is 2.51. The second-order valence-corrected chi connectivity index (χ2v) is 4.36. The van der Waals surface area contributed by atoms with Crippen molar-refractivity contribution in [1.29, 1.82) is 0 Å². The molecule has 0 aliphatic rings. The third kappa shape index (κ3) is 4.57. The molecule has 0 aromatic heterocycles. The van der Waals surface area contributed by atoms with Crippen molar-refractivity contribution in [2.45, 2.75) is 39.2 Å². The zero-order chi connectivity index (χ0) is 12.7. The summed E-state index contributed by atoms with van der Waals surface area (Å²) >= 11 is 0. The first-order valence-corrected chi connectivity index (χ1v) is 6.27. The molecule has 3 N–H and O–H groups in total. The maximum Gasteiger partial charge on any atom is 0.251 e. The Labute approximate surface area is 103 Å². The highest BCUT2D eigenvalue weighted by Gasteiger charge is 2.08. The van der Waals surface area contributed by atoms with Gasteiger partial charge in [-0.25, -0.2) is 0 Å². The van der Waals surface area contributed by atoms with Crippen molar-refractivity contribution in [1.82, 2.24) is 5.32 Å². The third-order valence-electron chi connectivity index (χ3n) is 2.84. The topological polar surface area (TPSA) is 55.1 Å². The van der Waals surface area contributed by atoms with E-state index in [4.69, 9.17) is 5.73 Å². The zero-order valence-electron chi connectivity index (χ0n) is 10.7. The van der Waals surface area contributed by atoms with Crippen molar-refractivity contribution in [2.24, 2.45) is 5.73 Å². The summed E-state index contributed by atoms with van der Waals surface area (Å²) in [6.45, 7) is 4.78. The number of carbonyl (C=O) groups is 1. The molecule has 0 bridgehead atoms. The Bertz CT molecular complexity index is 346. The van der Waals surface area contributed by atoms with Crippen molar-refractivity contribution >= 4 is 5.91 Å². The summed E-state index contributed by atoms with van der Waals surface area (Å²) in [5.41, 5.74) is 7.41. The van der Waals surface area contributed by atoms with Crippen LogP contribution in [-0.2, 0) is 6.42 Å². The molecule has 0 aliphatic carbocycles. The van der Waals surface area contributed by atoms with Gasteiger partial charge in [0.05, 0.1) is 0 Å². The van der Waals surface area contributed by atoms with Gasteiger partial charge in [-0.2, -0.15) is 0 Å². The van der Waals surface area contributed by atoms with Crippen LogP contribution in [0.1, 0.15) is 42.6 Å². The molecule has 1 aromatic carbocycles. The first-order chi connectivity index (χ1) is 8.17. The smallest absolute Gasteiger partial charge is 0.251 e. The lowest BCUT2D eigenvalue weighted by Gasteiger charge is -2.13. The summed E-state index contributed by atoms with van der Waals surface area (Å²) < 4.78 is 0. The Hall–Kier alpha value is -1.35. The van der Waals surface area contributed by atoms with Crippen LogP contribution in [0.3, 0.4) is 0 Å². The molecule has 0 fully saturated rings. The van der Waals surface area contributed by atoms with Gasteiger partial charge in [-0.15, -0.1) is 0 Å². The number of carbonyl (C=O) groups excluding carboxylic acids is 1. The molecule has 94 valence electrons. The zero-order valence-corrected chi connectivity index (χ0v) is 10.7. The molecule has 3 nitrogen and oxygen atoms in total. The Morgan fingerprint density at radius 3 is 2.53 bits per heavy atom. The highest BCUT2D eigenvalue weighted by Crippen LogP contribution is 2.06. The van der Waals surface area contributed by atoms with E-state index in [2.05, 4.69) is 12.2 Å². The van der Waals surface area contributed by atoms with Gasteiger partial charge in [0.1, 0.15) is 0 Å². The van der Waals surface area contributed by atoms with E-state index in [1.54, 1.807) is 0 Å². The summed E-state index contributed by atoms with van der Waals surface area (Å²) in [5, 5.41) is 2.97. The molecule has 0 saturated heterocycles. The monoisotopic (exact) mass is 234 g/mol. The number of amides is 1. The molecule has 0 heterocycles. The van der Waals surface area contributed by atoms with E-state index < -0.39 is 0 Å². The molecule has 0 aliphatic heterocycles. The number of nitrogens with one attached hydrogen (secondary N) is 1. The van der Waals surface area contributed by atoms with Gasteiger partial charge < -0.3 is 11.1 Å². The fourth-order valence-corrected chi connectivity index (χ4v) is 1.70. The number of rotatable bonds is 6. The quantitative estimate of drug-likeness (QED) is 0.792. The van der Waals surface area contributed by atoms with Crippen LogP contribution in [0.25, 0.3) is 0 Å². The summed E-state index contributed by atoms with van der Waals surface area (Å²) in [6, 6.07) is 7.93. The molecule has 1 rings (SSSR count). The summed E-state index contributed by atoms with van der Waals surface area (Å²) in [6.07, 6.45) is 2.86. The maximum atomic E-state index is 11.9. The summed E-state index contributed by atoms with van der Waals surface area (Å²) in [4.78, 5) is 11.9. The number of nitrogens with two attached hydrogens (primary N) is 1. The lowest BCUT2D eigenvalue weighted by molar-refractivity contribution is 0.0938. The fourth-order valence-electron chi connectivity index (χ4n) is 1.70. The van der Waals surface area contributed by atoms with E-state index in [0.29, 0.717) is 6.54 Å². The second-order valence-electron chi connectivity index (χ2n) is 4.36. The van der Waals surface area contributed by atoms with Gasteiger partial charge in [-0.3, -0.25) is 4.79 Å². The van der Waals surface area contributed by atoms with E-state index in [0.717, 1.165) is 24.8 Å². The predicted molar refractivity (Wildman–Crippen MR) is 71.0 cm³/mol. The highest BCUT2D eigenvalue weighted by molar-refractivity contribution is 5.94. The first-order valence-electron chi connectivity index (χ1n) is 6.27. The standard InChI is InChI=1S/C14H22N2O/c1-3-12-6-8-13(9-7-12)14(17)16-11(2)5-4-10-15/h6-9,11H,3-5,10,15H2,1-2H3,(H,16,17). The van der Waals surface area contributed by atoms with Gasteiger partial charge in [0, 0.05) is 11.6 Å². The van der Waals surface area contributed by atoms with E-state index in [9.17, 15) is 4.79 Å². The molecule has 3 heteroatoms. The Morgan fingerprint density at radius 2 is 2.00 bits per heavy atom. The van der Waals surface area contributed by atoms with Gasteiger partial charge in [-0.1, -0.05) is 19.1 Å². The van der Waals surface area contributed by atoms with Crippen LogP contribution in [0.4, 0.5) is 0 Å². The van der Waals surface area contributed by atoms with Crippen LogP contribution in [0.5, 0.6) is 0 Å². The average Bonchev–Trinajstić information content (AvgIpc) is 2.36. The fraction of sp³-hybridized carbons (Fsp3) is 0.500. The van der Waals surface area contributed by atoms with E-state index in [-0.39, 0.29) is 11.9 Å². The van der Waals surface area contributed by atoms with Crippen LogP contribution in [0.15, 0.2) is 24.3 Å². The van der Waals surface area contributed by atoms with Crippen molar-refractivity contribution < 1.29 is 4.79 Å². The van der Waals surface area contributed by atoms with Gasteiger partial charge >= 0.3 is 0 Å². The predicted octanol–water partition coefficient (Wildman–Crippen LogP) is 2.11. The molecule has 1 atom stereocenters. The highest BCUT2D eigenvalue weighted by atomic mass is 16.1. The summed E-state index contributed by atoms with van der Waals surface area (Å²) in [5.74, 6) is -0.00262. The van der Waals surface area contributed by atoms with Gasteiger partial charge in [0.25, 0.3) is 5.91 Å². The Kier molecular flexibility index (Phi) is 5.70. The first kappa shape index (κ1) is 13.7. The van der Waals surface area contributed by atoms with Crippen LogP contribution in [-0.4, -0.2) is 18.5 Å². The van der Waals surface area contributed by atoms with Gasteiger partial charge in [0.2, 0.25) is 0 Å². The molecule has 0 spiro atoms. The lowest BCUT2D eigenvalue weighted by Crippen LogP contribution is -2.32. The van der Waals surface area contributed by atoms with Crippen molar-refractivity contribution in [3.8, 4) is 0 Å². The Morgan fingerprint density at radius 1 is 1.35 bits per heavy atom. The molecule has 1 unspecified atom stereocenters. The largest absolute Gasteiger partial charge is 0.350 e. The lowest BCUT2D eigenvalue weighted by atomic mass is 10.1. The van der Waals surface area contributed by atoms with Gasteiger partial charge in [-0.05, 0) is 50.4 Å². The van der Waals surface area contributed by atoms with Gasteiger partial charge in [0.15, 0.2) is 0 Å². The van der Waals surface area contributed by atoms with Crippen LogP contribution in [0, 0.1) is 0 Å².